The molecule has 0 N–H and O–H groups in total. The number of carbonyl (C=O) groups excluding carboxylic acids is 1. The van der Waals surface area contributed by atoms with E-state index in [1.165, 1.54) is 11.3 Å². The normalized spacial score (nSPS) is 12.7. The maximum Gasteiger partial charge on any atom is 0.241 e. The first-order valence-electron chi connectivity index (χ1n) is 11.3. The second kappa shape index (κ2) is 9.56. The van der Waals surface area contributed by atoms with E-state index in [9.17, 15) is 4.79 Å². The van der Waals surface area contributed by atoms with Crippen LogP contribution in [0.1, 0.15) is 17.0 Å². The molecule has 0 unspecified atom stereocenters. The topological polar surface area (TPSA) is 64.1 Å². The van der Waals surface area contributed by atoms with Gasteiger partial charge in [-0.15, -0.1) is 0 Å². The second-order valence-corrected chi connectivity index (χ2v) is 9.53. The van der Waals surface area contributed by atoms with E-state index in [0.29, 0.717) is 46.7 Å². The number of hydrogen-bond acceptors (Lipinski definition) is 7. The first kappa shape index (κ1) is 23.1. The monoisotopic (exact) mass is 489 g/mol. The summed E-state index contributed by atoms with van der Waals surface area (Å²) in [6, 6.07) is 19.1. The van der Waals surface area contributed by atoms with Crippen LogP contribution in [-0.4, -0.2) is 57.2 Å². The van der Waals surface area contributed by atoms with Crippen LogP contribution in [0.5, 0.6) is 23.0 Å². The Morgan fingerprint density at radius 2 is 1.51 bits per heavy atom. The molecule has 3 aromatic carbocycles. The van der Waals surface area contributed by atoms with Gasteiger partial charge < -0.3 is 19.1 Å². The highest BCUT2D eigenvalue weighted by molar-refractivity contribution is 7.22. The lowest BCUT2D eigenvalue weighted by atomic mass is 9.87. The predicted molar refractivity (Wildman–Crippen MR) is 138 cm³/mol. The number of likely N-dealkylation sites (N-methyl/N-ethyl adjacent to an activating group) is 1. The average molecular weight is 490 g/mol. The number of fused-ring (bicyclic) bond motifs is 3. The van der Waals surface area contributed by atoms with Gasteiger partial charge in [0.05, 0.1) is 20.1 Å². The summed E-state index contributed by atoms with van der Waals surface area (Å²) in [4.78, 5) is 23.1. The van der Waals surface area contributed by atoms with Crippen molar-refractivity contribution in [3.05, 3.63) is 71.8 Å². The van der Waals surface area contributed by atoms with Crippen LogP contribution < -0.4 is 19.1 Å². The van der Waals surface area contributed by atoms with Crippen LogP contribution in [-0.2, 0) is 4.79 Å². The van der Waals surface area contributed by atoms with Crippen LogP contribution >= 0.6 is 11.3 Å². The summed E-state index contributed by atoms with van der Waals surface area (Å²) in [6.07, 6.45) is 0. The molecule has 180 valence electrons. The zero-order chi connectivity index (χ0) is 24.5. The molecule has 0 spiro atoms. The van der Waals surface area contributed by atoms with Crippen molar-refractivity contribution in [2.45, 2.75) is 5.92 Å². The number of carbonyl (C=O) groups is 1. The highest BCUT2D eigenvalue weighted by Crippen LogP contribution is 2.46. The molecule has 8 heteroatoms. The highest BCUT2D eigenvalue weighted by Gasteiger charge is 2.36. The third kappa shape index (κ3) is 4.19. The number of rotatable bonds is 7. The molecule has 0 aliphatic carbocycles. The van der Waals surface area contributed by atoms with Crippen LogP contribution in [0.2, 0.25) is 0 Å². The van der Waals surface area contributed by atoms with Crippen molar-refractivity contribution in [2.24, 2.45) is 0 Å². The van der Waals surface area contributed by atoms with E-state index in [2.05, 4.69) is 4.90 Å². The molecule has 0 atom stereocenters. The van der Waals surface area contributed by atoms with Crippen molar-refractivity contribution in [1.82, 2.24) is 9.88 Å². The van der Waals surface area contributed by atoms with Gasteiger partial charge in [-0.3, -0.25) is 9.69 Å². The number of thiazole rings is 1. The van der Waals surface area contributed by atoms with E-state index in [4.69, 9.17) is 19.2 Å². The van der Waals surface area contributed by atoms with Crippen molar-refractivity contribution < 1.29 is 19.0 Å². The first-order valence-corrected chi connectivity index (χ1v) is 12.2. The molecule has 0 fully saturated rings. The lowest BCUT2D eigenvalue weighted by molar-refractivity contribution is -0.119. The molecular formula is C27H27N3O4S. The zero-order valence-electron chi connectivity index (χ0n) is 20.1. The van der Waals surface area contributed by atoms with Crippen molar-refractivity contribution in [1.29, 1.82) is 0 Å². The quantitative estimate of drug-likeness (QED) is 0.358. The second-order valence-electron chi connectivity index (χ2n) is 8.55. The van der Waals surface area contributed by atoms with E-state index >= 15 is 0 Å². The maximum absolute atomic E-state index is 14.4. The molecule has 0 radical (unpaired) electrons. The Balaban J connectivity index is 1.64. The van der Waals surface area contributed by atoms with Gasteiger partial charge in [0.1, 0.15) is 33.2 Å². The van der Waals surface area contributed by atoms with E-state index in [1.807, 2.05) is 74.8 Å². The fourth-order valence-electron chi connectivity index (χ4n) is 4.32. The highest BCUT2D eigenvalue weighted by atomic mass is 32.1. The van der Waals surface area contributed by atoms with Crippen molar-refractivity contribution in [3.8, 4) is 23.0 Å². The Morgan fingerprint density at radius 3 is 2.11 bits per heavy atom. The number of benzene rings is 3. The summed E-state index contributed by atoms with van der Waals surface area (Å²) < 4.78 is 18.1. The lowest BCUT2D eigenvalue weighted by Gasteiger charge is -2.31. The Labute approximate surface area is 208 Å². The summed E-state index contributed by atoms with van der Waals surface area (Å²) in [5.74, 6) is 2.19. The molecular weight excluding hydrogens is 462 g/mol. The standard InChI is InChI=1S/C27H27N3O4S/c1-29(2)15-16-30(27-28-24-21(32-3)13-14-22(33-4)25(24)35-27)26(31)23-17-9-5-7-11-19(17)34-20-12-8-6-10-18(20)23/h5-14,23H,15-16H2,1-4H3. The molecule has 35 heavy (non-hydrogen) atoms. The molecule has 1 amide bonds. The summed E-state index contributed by atoms with van der Waals surface area (Å²) >= 11 is 1.43. The summed E-state index contributed by atoms with van der Waals surface area (Å²) in [5, 5.41) is 0.608. The molecule has 7 nitrogen and oxygen atoms in total. The van der Waals surface area contributed by atoms with Crippen LogP contribution in [0, 0.1) is 0 Å². The predicted octanol–water partition coefficient (Wildman–Crippen LogP) is 5.15. The fourth-order valence-corrected chi connectivity index (χ4v) is 5.43. The first-order chi connectivity index (χ1) is 17.0. The van der Waals surface area contributed by atoms with Crippen molar-refractivity contribution >= 4 is 32.6 Å². The lowest BCUT2D eigenvalue weighted by Crippen LogP contribution is -2.40. The van der Waals surface area contributed by atoms with Crippen LogP contribution in [0.3, 0.4) is 0 Å². The SMILES string of the molecule is COc1ccc(OC)c2sc(N(CCN(C)C)C(=O)C3c4ccccc4Oc4ccccc43)nc12. The Kier molecular flexibility index (Phi) is 6.32. The number of amides is 1. The largest absolute Gasteiger partial charge is 0.495 e. The molecule has 0 bridgehead atoms. The summed E-state index contributed by atoms with van der Waals surface area (Å²) in [7, 11) is 7.23. The van der Waals surface area contributed by atoms with Crippen LogP contribution in [0.4, 0.5) is 5.13 Å². The fraction of sp³-hybridized carbons (Fsp3) is 0.259. The smallest absolute Gasteiger partial charge is 0.241 e. The number of methoxy groups -OCH3 is 2. The summed E-state index contributed by atoms with van der Waals surface area (Å²) in [6.45, 7) is 1.17. The van der Waals surface area contributed by atoms with E-state index in [1.54, 1.807) is 19.1 Å². The Bertz CT molecular complexity index is 1300. The van der Waals surface area contributed by atoms with Crippen LogP contribution in [0.15, 0.2) is 60.7 Å². The van der Waals surface area contributed by atoms with Crippen molar-refractivity contribution in [2.75, 3.05) is 46.3 Å². The zero-order valence-corrected chi connectivity index (χ0v) is 21.0. The third-order valence-corrected chi connectivity index (χ3v) is 7.19. The minimum Gasteiger partial charge on any atom is -0.495 e. The Hall–Kier alpha value is -3.62. The van der Waals surface area contributed by atoms with Crippen molar-refractivity contribution in [3.63, 3.8) is 0 Å². The van der Waals surface area contributed by atoms with Gasteiger partial charge in [0.2, 0.25) is 5.91 Å². The minimum absolute atomic E-state index is 0.0490. The third-order valence-electron chi connectivity index (χ3n) is 6.09. The number of para-hydroxylation sites is 2. The molecule has 1 aliphatic rings. The molecule has 4 aromatic rings. The molecule has 0 saturated carbocycles. The van der Waals surface area contributed by atoms with E-state index < -0.39 is 5.92 Å². The number of anilines is 1. The molecule has 1 aromatic heterocycles. The number of aromatic nitrogens is 1. The van der Waals surface area contributed by atoms with Gasteiger partial charge in [-0.25, -0.2) is 4.98 Å². The average Bonchev–Trinajstić information content (AvgIpc) is 3.31. The van der Waals surface area contributed by atoms with Gasteiger partial charge in [-0.1, -0.05) is 47.7 Å². The molecule has 2 heterocycles. The molecule has 1 aliphatic heterocycles. The van der Waals surface area contributed by atoms with Gasteiger partial charge >= 0.3 is 0 Å². The van der Waals surface area contributed by atoms with Crippen LogP contribution in [0.25, 0.3) is 10.2 Å². The molecule has 5 rings (SSSR count). The van der Waals surface area contributed by atoms with E-state index in [0.717, 1.165) is 15.8 Å². The minimum atomic E-state index is -0.505. The van der Waals surface area contributed by atoms with Gasteiger partial charge in [-0.05, 0) is 38.4 Å². The van der Waals surface area contributed by atoms with E-state index in [-0.39, 0.29) is 5.91 Å². The number of nitrogens with zero attached hydrogens (tertiary/aromatic N) is 3. The Morgan fingerprint density at radius 1 is 0.914 bits per heavy atom. The van der Waals surface area contributed by atoms with Gasteiger partial charge in [0, 0.05) is 24.2 Å². The maximum atomic E-state index is 14.4. The number of ether oxygens (including phenoxy) is 3. The number of hydrogen-bond donors (Lipinski definition) is 0. The van der Waals surface area contributed by atoms with Gasteiger partial charge in [0.25, 0.3) is 0 Å². The molecule has 0 saturated heterocycles. The van der Waals surface area contributed by atoms with Gasteiger partial charge in [-0.2, -0.15) is 0 Å². The summed E-state index contributed by atoms with van der Waals surface area (Å²) in [5.41, 5.74) is 2.38. The van der Waals surface area contributed by atoms with Gasteiger partial charge in [0.15, 0.2) is 5.13 Å².